The molecule has 2 aromatic heterocycles. The third-order valence-corrected chi connectivity index (χ3v) is 7.52. The number of aromatic nitrogens is 1. The van der Waals surface area contributed by atoms with E-state index in [4.69, 9.17) is 13.9 Å². The van der Waals surface area contributed by atoms with Gasteiger partial charge in [-0.25, -0.2) is 9.78 Å². The number of thiazole rings is 1. The van der Waals surface area contributed by atoms with E-state index in [2.05, 4.69) is 11.6 Å². The van der Waals surface area contributed by atoms with Crippen LogP contribution in [0.4, 0.5) is 5.13 Å². The molecule has 0 spiro atoms. The molecule has 5 rings (SSSR count). The number of ether oxygens (including phenoxy) is 2. The first-order chi connectivity index (χ1) is 19.8. The SMILES string of the molecule is C=CCOC(=O)c1sc(N2C(=O)C(=O)C(=C(O)c3ccc(OCc4cccc(C)c4)cc3)C2c2ccco2)nc1C. The van der Waals surface area contributed by atoms with Gasteiger partial charge >= 0.3 is 11.9 Å². The van der Waals surface area contributed by atoms with E-state index in [1.807, 2.05) is 31.2 Å². The number of anilines is 1. The number of benzene rings is 2. The normalized spacial score (nSPS) is 16.1. The third kappa shape index (κ3) is 5.55. The van der Waals surface area contributed by atoms with Gasteiger partial charge in [0.2, 0.25) is 0 Å². The molecule has 2 aromatic carbocycles. The zero-order valence-electron chi connectivity index (χ0n) is 22.3. The second kappa shape index (κ2) is 11.6. The van der Waals surface area contributed by atoms with Gasteiger partial charge in [0, 0.05) is 5.56 Å². The Morgan fingerprint density at radius 2 is 1.93 bits per heavy atom. The number of hydrogen-bond acceptors (Lipinski definition) is 9. The van der Waals surface area contributed by atoms with E-state index in [0.29, 0.717) is 23.6 Å². The number of nitrogens with zero attached hydrogens (tertiary/aromatic N) is 2. The molecule has 1 aliphatic heterocycles. The molecule has 1 aliphatic rings. The lowest BCUT2D eigenvalue weighted by atomic mass is 9.99. The third-order valence-electron chi connectivity index (χ3n) is 6.38. The summed E-state index contributed by atoms with van der Waals surface area (Å²) in [6, 6.07) is 16.6. The maximum atomic E-state index is 13.3. The Labute approximate surface area is 240 Å². The number of carbonyl (C=O) groups excluding carboxylic acids is 3. The van der Waals surface area contributed by atoms with Crippen LogP contribution in [-0.4, -0.2) is 34.4 Å². The van der Waals surface area contributed by atoms with Crippen molar-refractivity contribution in [1.29, 1.82) is 0 Å². The van der Waals surface area contributed by atoms with Crippen LogP contribution in [0.3, 0.4) is 0 Å². The molecule has 1 fully saturated rings. The summed E-state index contributed by atoms with van der Waals surface area (Å²) in [6.45, 7) is 7.52. The Bertz CT molecular complexity index is 1650. The quantitative estimate of drug-likeness (QED) is 0.0869. The molecule has 1 N–H and O–H groups in total. The fourth-order valence-electron chi connectivity index (χ4n) is 4.45. The fraction of sp³-hybridized carbons (Fsp3) is 0.161. The molecular formula is C31H26N2O7S. The molecule has 41 heavy (non-hydrogen) atoms. The Morgan fingerprint density at radius 3 is 2.61 bits per heavy atom. The summed E-state index contributed by atoms with van der Waals surface area (Å²) in [7, 11) is 0. The predicted octanol–water partition coefficient (Wildman–Crippen LogP) is 5.90. The Balaban J connectivity index is 1.47. The van der Waals surface area contributed by atoms with Crippen LogP contribution in [0, 0.1) is 13.8 Å². The zero-order chi connectivity index (χ0) is 29.1. The summed E-state index contributed by atoms with van der Waals surface area (Å²) in [4.78, 5) is 44.8. The van der Waals surface area contributed by atoms with Crippen molar-refractivity contribution in [1.82, 2.24) is 4.98 Å². The van der Waals surface area contributed by atoms with E-state index in [0.717, 1.165) is 27.4 Å². The molecule has 1 atom stereocenters. The second-order valence-electron chi connectivity index (χ2n) is 9.28. The van der Waals surface area contributed by atoms with Crippen LogP contribution >= 0.6 is 11.3 Å². The summed E-state index contributed by atoms with van der Waals surface area (Å²) in [5.74, 6) is -2.01. The number of esters is 1. The lowest BCUT2D eigenvalue weighted by Gasteiger charge is -2.20. The topological polar surface area (TPSA) is 119 Å². The number of aryl methyl sites for hydroxylation is 2. The van der Waals surface area contributed by atoms with Gasteiger partial charge in [0.05, 0.1) is 17.5 Å². The van der Waals surface area contributed by atoms with Crippen molar-refractivity contribution in [2.45, 2.75) is 26.5 Å². The number of carbonyl (C=O) groups is 3. The van der Waals surface area contributed by atoms with Gasteiger partial charge in [0.15, 0.2) is 5.13 Å². The van der Waals surface area contributed by atoms with Crippen LogP contribution in [0.5, 0.6) is 5.75 Å². The zero-order valence-corrected chi connectivity index (χ0v) is 23.1. The van der Waals surface area contributed by atoms with Crippen molar-refractivity contribution in [3.05, 3.63) is 118 Å². The fourth-order valence-corrected chi connectivity index (χ4v) is 5.44. The molecule has 0 saturated carbocycles. The highest BCUT2D eigenvalue weighted by Crippen LogP contribution is 2.44. The number of ketones is 1. The smallest absolute Gasteiger partial charge is 0.350 e. The van der Waals surface area contributed by atoms with Crippen molar-refractivity contribution in [3.8, 4) is 5.75 Å². The van der Waals surface area contributed by atoms with Crippen LogP contribution < -0.4 is 9.64 Å². The highest BCUT2D eigenvalue weighted by Gasteiger charge is 2.49. The number of rotatable bonds is 9. The van der Waals surface area contributed by atoms with E-state index < -0.39 is 23.7 Å². The van der Waals surface area contributed by atoms with Crippen LogP contribution in [0.25, 0.3) is 5.76 Å². The molecular weight excluding hydrogens is 544 g/mol. The van der Waals surface area contributed by atoms with Gasteiger partial charge in [0.1, 0.15) is 41.4 Å². The lowest BCUT2D eigenvalue weighted by molar-refractivity contribution is -0.132. The molecule has 1 saturated heterocycles. The van der Waals surface area contributed by atoms with Crippen LogP contribution in [0.15, 0.2) is 89.6 Å². The van der Waals surface area contributed by atoms with Crippen molar-refractivity contribution in [2.75, 3.05) is 11.5 Å². The van der Waals surface area contributed by atoms with Crippen molar-refractivity contribution >= 4 is 39.9 Å². The van der Waals surface area contributed by atoms with Gasteiger partial charge in [-0.2, -0.15) is 0 Å². The van der Waals surface area contributed by atoms with E-state index in [1.54, 1.807) is 43.3 Å². The van der Waals surface area contributed by atoms with Crippen molar-refractivity contribution in [2.24, 2.45) is 0 Å². The molecule has 9 nitrogen and oxygen atoms in total. The van der Waals surface area contributed by atoms with E-state index >= 15 is 0 Å². The summed E-state index contributed by atoms with van der Waals surface area (Å²) < 4.78 is 16.6. The molecule has 3 heterocycles. The average molecular weight is 571 g/mol. The van der Waals surface area contributed by atoms with Crippen LogP contribution in [0.2, 0.25) is 0 Å². The summed E-state index contributed by atoms with van der Waals surface area (Å²) >= 11 is 0.909. The Hall–Kier alpha value is -4.96. The lowest BCUT2D eigenvalue weighted by Crippen LogP contribution is -2.29. The molecule has 208 valence electrons. The Morgan fingerprint density at radius 1 is 1.15 bits per heavy atom. The average Bonchev–Trinajstić information content (AvgIpc) is 3.69. The molecule has 10 heteroatoms. The van der Waals surface area contributed by atoms with Crippen LogP contribution in [0.1, 0.15) is 43.9 Å². The van der Waals surface area contributed by atoms with Gasteiger partial charge in [-0.1, -0.05) is 53.8 Å². The first-order valence-electron chi connectivity index (χ1n) is 12.7. The van der Waals surface area contributed by atoms with Gasteiger partial charge in [-0.05, 0) is 55.8 Å². The van der Waals surface area contributed by atoms with Crippen LogP contribution in [-0.2, 0) is 20.9 Å². The van der Waals surface area contributed by atoms with E-state index in [1.165, 1.54) is 12.3 Å². The monoisotopic (exact) mass is 570 g/mol. The standard InChI is InChI=1S/C31H26N2O7S/c1-4-14-39-30(37)28-19(3)32-31(41-28)33-25(23-9-6-15-38-23)24(27(35)29(33)36)26(34)21-10-12-22(13-11-21)40-17-20-8-5-7-18(2)16-20/h4-13,15-16,25,34H,1,14,17H2,2-3H3. The minimum absolute atomic E-state index is 0.0121. The number of aliphatic hydroxyl groups is 1. The van der Waals surface area contributed by atoms with Gasteiger partial charge in [0.25, 0.3) is 5.78 Å². The summed E-state index contributed by atoms with van der Waals surface area (Å²) in [5.41, 5.74) is 2.63. The molecule has 0 aliphatic carbocycles. The maximum Gasteiger partial charge on any atom is 0.350 e. The maximum absolute atomic E-state index is 13.3. The number of Topliss-reactive ketones (excluding diaryl/α,β-unsaturated/α-hetero) is 1. The van der Waals surface area contributed by atoms with Gasteiger partial charge in [-0.15, -0.1) is 0 Å². The van der Waals surface area contributed by atoms with E-state index in [-0.39, 0.29) is 33.7 Å². The number of hydrogen-bond donors (Lipinski definition) is 1. The van der Waals surface area contributed by atoms with Gasteiger partial charge < -0.3 is 19.0 Å². The first kappa shape index (κ1) is 27.6. The van der Waals surface area contributed by atoms with Crippen molar-refractivity contribution in [3.63, 3.8) is 0 Å². The second-order valence-corrected chi connectivity index (χ2v) is 10.3. The largest absolute Gasteiger partial charge is 0.507 e. The highest BCUT2D eigenvalue weighted by molar-refractivity contribution is 7.17. The van der Waals surface area contributed by atoms with Gasteiger partial charge in [-0.3, -0.25) is 14.5 Å². The van der Waals surface area contributed by atoms with Crippen molar-refractivity contribution < 1.29 is 33.4 Å². The number of furan rings is 1. The van der Waals surface area contributed by atoms with E-state index in [9.17, 15) is 19.5 Å². The molecule has 0 radical (unpaired) electrons. The number of amides is 1. The minimum Gasteiger partial charge on any atom is -0.507 e. The predicted molar refractivity (Wildman–Crippen MR) is 153 cm³/mol. The number of aliphatic hydroxyl groups excluding tert-OH is 1. The first-order valence-corrected chi connectivity index (χ1v) is 13.5. The Kier molecular flexibility index (Phi) is 7.84. The molecule has 1 amide bonds. The highest BCUT2D eigenvalue weighted by atomic mass is 32.1. The minimum atomic E-state index is -1.11. The molecule has 4 aromatic rings. The summed E-state index contributed by atoms with van der Waals surface area (Å²) in [6.07, 6.45) is 2.84. The summed E-state index contributed by atoms with van der Waals surface area (Å²) in [5, 5.41) is 11.4. The molecule has 0 bridgehead atoms. The molecule has 1 unspecified atom stereocenters.